The van der Waals surface area contributed by atoms with Crippen LogP contribution in [0.5, 0.6) is 0 Å². The van der Waals surface area contributed by atoms with Gasteiger partial charge >= 0.3 is 5.97 Å². The van der Waals surface area contributed by atoms with Crippen molar-refractivity contribution in [3.63, 3.8) is 0 Å². The molecule has 0 aromatic heterocycles. The summed E-state index contributed by atoms with van der Waals surface area (Å²) >= 11 is 0. The van der Waals surface area contributed by atoms with Gasteiger partial charge in [0.05, 0.1) is 12.7 Å². The summed E-state index contributed by atoms with van der Waals surface area (Å²) in [7, 11) is 1.34. The molecular formula is C15H14O3. The molecule has 1 atom stereocenters. The number of esters is 1. The number of carbonyl (C=O) groups excluding carboxylic acids is 1. The number of carbonyl (C=O) groups is 1. The number of ether oxygens (including phenoxy) is 1. The van der Waals surface area contributed by atoms with Crippen LogP contribution in [0.15, 0.2) is 54.6 Å². The Morgan fingerprint density at radius 1 is 1.06 bits per heavy atom. The zero-order valence-electron chi connectivity index (χ0n) is 10.0. The summed E-state index contributed by atoms with van der Waals surface area (Å²) in [5.41, 5.74) is 1.90. The maximum atomic E-state index is 11.4. The van der Waals surface area contributed by atoms with Crippen molar-refractivity contribution in [3.05, 3.63) is 71.3 Å². The maximum absolute atomic E-state index is 11.4. The zero-order valence-corrected chi connectivity index (χ0v) is 10.0. The van der Waals surface area contributed by atoms with Gasteiger partial charge in [0.2, 0.25) is 0 Å². The average molecular weight is 242 g/mol. The number of benzene rings is 2. The first kappa shape index (κ1) is 12.3. The van der Waals surface area contributed by atoms with Crippen molar-refractivity contribution in [1.82, 2.24) is 0 Å². The second kappa shape index (κ2) is 5.47. The number of hydrogen-bond donors (Lipinski definition) is 1. The highest BCUT2D eigenvalue weighted by Gasteiger charge is 2.12. The van der Waals surface area contributed by atoms with Crippen LogP contribution in [0, 0.1) is 0 Å². The highest BCUT2D eigenvalue weighted by atomic mass is 16.5. The van der Waals surface area contributed by atoms with Gasteiger partial charge in [-0.3, -0.25) is 0 Å². The fraction of sp³-hybridized carbons (Fsp3) is 0.133. The fourth-order valence-electron chi connectivity index (χ4n) is 1.78. The number of methoxy groups -OCH3 is 1. The molecule has 0 spiro atoms. The topological polar surface area (TPSA) is 46.5 Å². The highest BCUT2D eigenvalue weighted by molar-refractivity contribution is 5.89. The van der Waals surface area contributed by atoms with Crippen LogP contribution in [0.25, 0.3) is 0 Å². The Balaban J connectivity index is 2.31. The monoisotopic (exact) mass is 242 g/mol. The van der Waals surface area contributed by atoms with Crippen LogP contribution in [0.3, 0.4) is 0 Å². The predicted molar refractivity (Wildman–Crippen MR) is 68.3 cm³/mol. The van der Waals surface area contributed by atoms with E-state index in [0.29, 0.717) is 11.1 Å². The molecule has 0 amide bonds. The van der Waals surface area contributed by atoms with E-state index in [-0.39, 0.29) is 0 Å². The number of hydrogen-bond acceptors (Lipinski definition) is 3. The first-order valence-electron chi connectivity index (χ1n) is 5.63. The first-order chi connectivity index (χ1) is 8.72. The molecule has 0 heterocycles. The molecule has 3 heteroatoms. The van der Waals surface area contributed by atoms with E-state index in [1.54, 1.807) is 24.3 Å². The normalized spacial score (nSPS) is 11.9. The molecule has 3 nitrogen and oxygen atoms in total. The van der Waals surface area contributed by atoms with E-state index in [4.69, 9.17) is 0 Å². The molecule has 92 valence electrons. The van der Waals surface area contributed by atoms with Gasteiger partial charge in [-0.05, 0) is 23.3 Å². The van der Waals surface area contributed by atoms with Gasteiger partial charge < -0.3 is 9.84 Å². The molecule has 0 unspecified atom stereocenters. The van der Waals surface area contributed by atoms with Gasteiger partial charge in [0.25, 0.3) is 0 Å². The largest absolute Gasteiger partial charge is 0.465 e. The third-order valence-corrected chi connectivity index (χ3v) is 2.74. The Morgan fingerprint density at radius 2 is 1.72 bits per heavy atom. The van der Waals surface area contributed by atoms with E-state index in [9.17, 15) is 9.90 Å². The lowest BCUT2D eigenvalue weighted by Crippen LogP contribution is -2.04. The van der Waals surface area contributed by atoms with E-state index in [0.717, 1.165) is 5.56 Å². The summed E-state index contributed by atoms with van der Waals surface area (Å²) in [6.07, 6.45) is -0.740. The Morgan fingerprint density at radius 3 is 2.39 bits per heavy atom. The van der Waals surface area contributed by atoms with E-state index in [1.807, 2.05) is 30.3 Å². The van der Waals surface area contributed by atoms with Gasteiger partial charge in [0, 0.05) is 0 Å². The average Bonchev–Trinajstić information content (AvgIpc) is 2.46. The molecule has 0 radical (unpaired) electrons. The molecule has 2 rings (SSSR count). The lowest BCUT2D eigenvalue weighted by Gasteiger charge is -2.12. The van der Waals surface area contributed by atoms with Gasteiger partial charge in [-0.2, -0.15) is 0 Å². The highest BCUT2D eigenvalue weighted by Crippen LogP contribution is 2.22. The second-order valence-electron chi connectivity index (χ2n) is 3.93. The Hall–Kier alpha value is -2.13. The van der Waals surface area contributed by atoms with Gasteiger partial charge in [-0.1, -0.05) is 42.5 Å². The van der Waals surface area contributed by atoms with Crippen LogP contribution in [0.1, 0.15) is 27.6 Å². The van der Waals surface area contributed by atoms with Crippen molar-refractivity contribution < 1.29 is 14.6 Å². The smallest absolute Gasteiger partial charge is 0.337 e. The van der Waals surface area contributed by atoms with Gasteiger partial charge in [-0.15, -0.1) is 0 Å². The zero-order chi connectivity index (χ0) is 13.0. The molecule has 0 saturated heterocycles. The summed E-state index contributed by atoms with van der Waals surface area (Å²) in [6, 6.07) is 16.1. The van der Waals surface area contributed by atoms with Gasteiger partial charge in [0.15, 0.2) is 0 Å². The van der Waals surface area contributed by atoms with E-state index < -0.39 is 12.1 Å². The first-order valence-corrected chi connectivity index (χ1v) is 5.63. The van der Waals surface area contributed by atoms with Gasteiger partial charge in [0.1, 0.15) is 6.10 Å². The van der Waals surface area contributed by atoms with E-state index in [1.165, 1.54) is 7.11 Å². The molecule has 2 aromatic rings. The molecule has 0 aliphatic carbocycles. The summed E-state index contributed by atoms with van der Waals surface area (Å²) < 4.78 is 4.66. The third kappa shape index (κ3) is 2.57. The lowest BCUT2D eigenvalue weighted by molar-refractivity contribution is 0.0600. The Labute approximate surface area is 106 Å². The summed E-state index contributed by atoms with van der Waals surface area (Å²) in [5.74, 6) is -0.405. The molecule has 2 aromatic carbocycles. The summed E-state index contributed by atoms with van der Waals surface area (Å²) in [4.78, 5) is 11.4. The van der Waals surface area contributed by atoms with Crippen molar-refractivity contribution in [1.29, 1.82) is 0 Å². The second-order valence-corrected chi connectivity index (χ2v) is 3.93. The van der Waals surface area contributed by atoms with Crippen molar-refractivity contribution in [2.24, 2.45) is 0 Å². The molecule has 0 bridgehead atoms. The minimum atomic E-state index is -0.740. The van der Waals surface area contributed by atoms with Gasteiger partial charge in [-0.25, -0.2) is 4.79 Å². The standard InChI is InChI=1S/C15H14O3/c1-18-15(17)13-9-5-8-12(10-13)14(16)11-6-3-2-4-7-11/h2-10,14,16H,1H3/t14-/m0/s1. The molecule has 18 heavy (non-hydrogen) atoms. The maximum Gasteiger partial charge on any atom is 0.337 e. The van der Waals surface area contributed by atoms with E-state index in [2.05, 4.69) is 4.74 Å². The number of aliphatic hydroxyl groups excluding tert-OH is 1. The van der Waals surface area contributed by atoms with Crippen LogP contribution in [-0.2, 0) is 4.74 Å². The SMILES string of the molecule is COC(=O)c1cccc([C@@H](O)c2ccccc2)c1. The quantitative estimate of drug-likeness (QED) is 0.841. The Bertz CT molecular complexity index is 534. The summed E-state index contributed by atoms with van der Waals surface area (Å²) in [5, 5.41) is 10.2. The Kier molecular flexibility index (Phi) is 3.75. The van der Waals surface area contributed by atoms with Crippen molar-refractivity contribution >= 4 is 5.97 Å². The molecule has 0 fully saturated rings. The predicted octanol–water partition coefficient (Wildman–Crippen LogP) is 2.55. The van der Waals surface area contributed by atoms with Crippen LogP contribution in [0.2, 0.25) is 0 Å². The summed E-state index contributed by atoms with van der Waals surface area (Å²) in [6.45, 7) is 0. The van der Waals surface area contributed by atoms with Crippen LogP contribution in [-0.4, -0.2) is 18.2 Å². The third-order valence-electron chi connectivity index (χ3n) is 2.74. The minimum Gasteiger partial charge on any atom is -0.465 e. The van der Waals surface area contributed by atoms with E-state index >= 15 is 0 Å². The van der Waals surface area contributed by atoms with Crippen molar-refractivity contribution in [3.8, 4) is 0 Å². The molecular weight excluding hydrogens is 228 g/mol. The number of aliphatic hydroxyl groups is 1. The minimum absolute atomic E-state index is 0.405. The lowest BCUT2D eigenvalue weighted by atomic mass is 10.00. The van der Waals surface area contributed by atoms with Crippen LogP contribution in [0.4, 0.5) is 0 Å². The molecule has 1 N–H and O–H groups in total. The van der Waals surface area contributed by atoms with Crippen molar-refractivity contribution in [2.75, 3.05) is 7.11 Å². The molecule has 0 aliphatic heterocycles. The van der Waals surface area contributed by atoms with Crippen molar-refractivity contribution in [2.45, 2.75) is 6.10 Å². The van der Waals surface area contributed by atoms with Crippen LogP contribution < -0.4 is 0 Å². The van der Waals surface area contributed by atoms with Crippen LogP contribution >= 0.6 is 0 Å². The molecule has 0 saturated carbocycles. The molecule has 0 aliphatic rings. The fourth-order valence-corrected chi connectivity index (χ4v) is 1.78. The number of rotatable bonds is 3.